The number of benzene rings is 1. The van der Waals surface area contributed by atoms with Crippen LogP contribution in [0, 0.1) is 0 Å². The maximum Gasteiger partial charge on any atom is 0.259 e. The monoisotopic (exact) mass is 321 g/mol. The summed E-state index contributed by atoms with van der Waals surface area (Å²) in [4.78, 5) is 19.2. The number of aromatic nitrogens is 1. The Kier molecular flexibility index (Phi) is 4.35. The molecule has 2 rings (SSSR count). The topological polar surface area (TPSA) is 80.5 Å². The smallest absolute Gasteiger partial charge is 0.259 e. The number of rotatable bonds is 4. The van der Waals surface area contributed by atoms with Gasteiger partial charge in [-0.1, -0.05) is 35.5 Å². The van der Waals surface area contributed by atoms with E-state index in [4.69, 9.17) is 10.6 Å². The van der Waals surface area contributed by atoms with Crippen molar-refractivity contribution in [1.29, 1.82) is 0 Å². The largest absolute Gasteiger partial charge is 0.397 e. The van der Waals surface area contributed by atoms with Crippen LogP contribution in [-0.2, 0) is 11.4 Å². The summed E-state index contributed by atoms with van der Waals surface area (Å²) in [6, 6.07) is 9.61. The first-order valence-corrected chi connectivity index (χ1v) is 6.33. The van der Waals surface area contributed by atoms with E-state index in [2.05, 4.69) is 26.1 Å². The van der Waals surface area contributed by atoms with Gasteiger partial charge in [0, 0.05) is 6.20 Å². The molecule has 0 amide bonds. The second-order valence-electron chi connectivity index (χ2n) is 3.79. The molecule has 0 atom stereocenters. The molecule has 0 spiro atoms. The molecule has 0 aliphatic heterocycles. The van der Waals surface area contributed by atoms with E-state index in [1.54, 1.807) is 0 Å². The number of anilines is 1. The number of oxime groups is 1. The Hall–Kier alpha value is -2.08. The van der Waals surface area contributed by atoms with E-state index in [0.717, 1.165) is 5.56 Å². The van der Waals surface area contributed by atoms with Crippen LogP contribution in [0.15, 0.2) is 51.0 Å². The minimum Gasteiger partial charge on any atom is -0.397 e. The molecule has 0 saturated carbocycles. The summed E-state index contributed by atoms with van der Waals surface area (Å²) in [5.74, 6) is 0. The molecule has 0 radical (unpaired) electrons. The number of aromatic amines is 1. The fourth-order valence-electron chi connectivity index (χ4n) is 1.44. The Morgan fingerprint density at radius 1 is 1.37 bits per heavy atom. The zero-order valence-electron chi connectivity index (χ0n) is 9.97. The minimum absolute atomic E-state index is 0.266. The molecule has 5 nitrogen and oxygen atoms in total. The van der Waals surface area contributed by atoms with Crippen LogP contribution in [0.5, 0.6) is 0 Å². The molecule has 98 valence electrons. The Labute approximate surface area is 118 Å². The number of nitrogens with one attached hydrogen (secondary N) is 1. The van der Waals surface area contributed by atoms with Gasteiger partial charge in [0.2, 0.25) is 0 Å². The highest BCUT2D eigenvalue weighted by Crippen LogP contribution is 2.17. The van der Waals surface area contributed by atoms with Crippen molar-refractivity contribution in [2.45, 2.75) is 6.61 Å². The van der Waals surface area contributed by atoms with Crippen LogP contribution in [-0.4, -0.2) is 11.2 Å². The Morgan fingerprint density at radius 2 is 2.11 bits per heavy atom. The van der Waals surface area contributed by atoms with Crippen LogP contribution in [0.25, 0.3) is 0 Å². The zero-order valence-corrected chi connectivity index (χ0v) is 11.6. The number of nitrogens with zero attached hydrogens (tertiary/aromatic N) is 1. The average Bonchev–Trinajstić information content (AvgIpc) is 2.43. The molecule has 0 fully saturated rings. The van der Waals surface area contributed by atoms with Crippen LogP contribution in [0.3, 0.4) is 0 Å². The molecule has 0 saturated heterocycles. The second kappa shape index (κ2) is 6.19. The number of hydrogen-bond donors (Lipinski definition) is 2. The van der Waals surface area contributed by atoms with E-state index in [9.17, 15) is 4.79 Å². The fraction of sp³-hybridized carbons (Fsp3) is 0.0769. The van der Waals surface area contributed by atoms with Crippen molar-refractivity contribution in [2.75, 3.05) is 5.73 Å². The van der Waals surface area contributed by atoms with Crippen molar-refractivity contribution < 1.29 is 4.84 Å². The van der Waals surface area contributed by atoms with Crippen LogP contribution < -0.4 is 11.3 Å². The summed E-state index contributed by atoms with van der Waals surface area (Å²) in [6.07, 6.45) is 2.79. The molecule has 3 N–H and O–H groups in total. The van der Waals surface area contributed by atoms with Gasteiger partial charge >= 0.3 is 0 Å². The average molecular weight is 322 g/mol. The van der Waals surface area contributed by atoms with E-state index in [0.29, 0.717) is 16.8 Å². The van der Waals surface area contributed by atoms with Crippen molar-refractivity contribution in [3.8, 4) is 0 Å². The number of nitrogen functional groups attached to an aromatic ring is 1. The van der Waals surface area contributed by atoms with E-state index in [1.807, 2.05) is 30.3 Å². The lowest BCUT2D eigenvalue weighted by Crippen LogP contribution is -2.14. The van der Waals surface area contributed by atoms with Gasteiger partial charge in [0.1, 0.15) is 6.61 Å². The van der Waals surface area contributed by atoms with E-state index in [1.165, 1.54) is 12.4 Å². The Morgan fingerprint density at radius 3 is 2.84 bits per heavy atom. The van der Waals surface area contributed by atoms with Gasteiger partial charge in [-0.05, 0) is 21.5 Å². The number of nitrogens with two attached hydrogens (primary N) is 1. The number of H-pyrrole nitrogens is 1. The predicted octanol–water partition coefficient (Wildman–Crippen LogP) is 2.27. The van der Waals surface area contributed by atoms with Crippen LogP contribution in [0.4, 0.5) is 5.69 Å². The van der Waals surface area contributed by atoms with Crippen molar-refractivity contribution in [3.05, 3.63) is 62.5 Å². The minimum atomic E-state index is -0.312. The fourth-order valence-corrected chi connectivity index (χ4v) is 1.77. The molecule has 0 unspecified atom stereocenters. The van der Waals surface area contributed by atoms with Crippen molar-refractivity contribution in [1.82, 2.24) is 4.98 Å². The van der Waals surface area contributed by atoms with Gasteiger partial charge < -0.3 is 15.6 Å². The summed E-state index contributed by atoms with van der Waals surface area (Å²) in [5.41, 5.74) is 7.04. The number of halogens is 1. The molecule has 1 heterocycles. The predicted molar refractivity (Wildman–Crippen MR) is 78.0 cm³/mol. The van der Waals surface area contributed by atoms with Crippen LogP contribution in [0.2, 0.25) is 0 Å². The van der Waals surface area contributed by atoms with Gasteiger partial charge in [0.15, 0.2) is 0 Å². The first kappa shape index (κ1) is 13.4. The van der Waals surface area contributed by atoms with Crippen molar-refractivity contribution in [3.63, 3.8) is 0 Å². The third-order valence-corrected chi connectivity index (χ3v) is 3.11. The summed E-state index contributed by atoms with van der Waals surface area (Å²) in [5, 5.41) is 3.75. The van der Waals surface area contributed by atoms with Crippen LogP contribution >= 0.6 is 15.9 Å². The molecular formula is C13H12BrN3O2. The van der Waals surface area contributed by atoms with Gasteiger partial charge in [-0.15, -0.1) is 0 Å². The maximum atomic E-state index is 11.6. The molecule has 1 aromatic carbocycles. The molecule has 19 heavy (non-hydrogen) atoms. The van der Waals surface area contributed by atoms with Crippen LogP contribution in [0.1, 0.15) is 11.1 Å². The van der Waals surface area contributed by atoms with E-state index < -0.39 is 0 Å². The third kappa shape index (κ3) is 3.45. The van der Waals surface area contributed by atoms with Gasteiger partial charge in [0.25, 0.3) is 5.56 Å². The van der Waals surface area contributed by atoms with Gasteiger partial charge in [-0.2, -0.15) is 0 Å². The highest BCUT2D eigenvalue weighted by Gasteiger charge is 2.05. The summed E-state index contributed by atoms with van der Waals surface area (Å²) in [6.45, 7) is 0.336. The SMILES string of the molecule is Nc1c(Br)c[nH]c(=O)c1C=NOCc1ccccc1. The van der Waals surface area contributed by atoms with Crippen molar-refractivity contribution >= 4 is 27.8 Å². The quantitative estimate of drug-likeness (QED) is 0.669. The molecular weight excluding hydrogens is 310 g/mol. The van der Waals surface area contributed by atoms with Crippen molar-refractivity contribution in [2.24, 2.45) is 5.16 Å². The molecule has 2 aromatic rings. The van der Waals surface area contributed by atoms with E-state index >= 15 is 0 Å². The third-order valence-electron chi connectivity index (χ3n) is 2.45. The first-order valence-electron chi connectivity index (χ1n) is 5.54. The molecule has 1 aromatic heterocycles. The molecule has 0 bridgehead atoms. The zero-order chi connectivity index (χ0) is 13.7. The summed E-state index contributed by atoms with van der Waals surface area (Å²) in [7, 11) is 0. The molecule has 6 heteroatoms. The van der Waals surface area contributed by atoms with Gasteiger partial charge in [0.05, 0.1) is 21.9 Å². The Bertz CT molecular complexity index is 638. The lowest BCUT2D eigenvalue weighted by molar-refractivity contribution is 0.132. The molecule has 0 aliphatic rings. The lowest BCUT2D eigenvalue weighted by Gasteiger charge is -2.01. The number of pyridine rings is 1. The summed E-state index contributed by atoms with van der Waals surface area (Å²) < 4.78 is 0.608. The maximum absolute atomic E-state index is 11.6. The summed E-state index contributed by atoms with van der Waals surface area (Å²) >= 11 is 3.23. The molecule has 0 aliphatic carbocycles. The van der Waals surface area contributed by atoms with E-state index in [-0.39, 0.29) is 11.1 Å². The highest BCUT2D eigenvalue weighted by atomic mass is 79.9. The standard InChI is InChI=1S/C13H12BrN3O2/c14-11-7-16-13(18)10(12(11)15)6-17-19-8-9-4-2-1-3-5-9/h1-7H,8H2,(H3,15,16,18). The highest BCUT2D eigenvalue weighted by molar-refractivity contribution is 9.10. The Balaban J connectivity index is 2.04. The number of hydrogen-bond acceptors (Lipinski definition) is 4. The van der Waals surface area contributed by atoms with Gasteiger partial charge in [-0.3, -0.25) is 4.79 Å². The van der Waals surface area contributed by atoms with Gasteiger partial charge in [-0.25, -0.2) is 0 Å². The second-order valence-corrected chi connectivity index (χ2v) is 4.64. The first-order chi connectivity index (χ1) is 9.18. The lowest BCUT2D eigenvalue weighted by atomic mass is 10.2. The normalized spacial score (nSPS) is 10.8.